The number of carboxylic acid groups (broad SMARTS) is 1. The van der Waals surface area contributed by atoms with Gasteiger partial charge in [-0.3, -0.25) is 4.79 Å². The fourth-order valence-electron chi connectivity index (χ4n) is 1.12. The van der Waals surface area contributed by atoms with Crippen molar-refractivity contribution in [2.45, 2.75) is 6.04 Å². The lowest BCUT2D eigenvalue weighted by Gasteiger charge is -2.11. The Morgan fingerprint density at radius 3 is 2.71 bits per heavy atom. The molecule has 14 heavy (non-hydrogen) atoms. The summed E-state index contributed by atoms with van der Waals surface area (Å²) in [4.78, 5) is 10.8. The normalized spacial score (nSPS) is 12.5. The minimum atomic E-state index is -0.994. The maximum atomic E-state index is 12.9. The molecular formula is C9H9BrFNO2. The van der Waals surface area contributed by atoms with E-state index in [0.717, 1.165) is 0 Å². The van der Waals surface area contributed by atoms with Crippen molar-refractivity contribution in [2.75, 3.05) is 7.05 Å². The van der Waals surface area contributed by atoms with Crippen LogP contribution in [0.25, 0.3) is 0 Å². The average Bonchev–Trinajstić information content (AvgIpc) is 2.11. The van der Waals surface area contributed by atoms with Crippen LogP contribution < -0.4 is 5.32 Å². The van der Waals surface area contributed by atoms with Gasteiger partial charge in [0.05, 0.1) is 4.47 Å². The molecule has 0 aliphatic heterocycles. The van der Waals surface area contributed by atoms with Crippen molar-refractivity contribution < 1.29 is 14.3 Å². The van der Waals surface area contributed by atoms with E-state index in [1.165, 1.54) is 25.2 Å². The molecule has 2 N–H and O–H groups in total. The molecule has 1 aromatic rings. The molecule has 0 fully saturated rings. The summed E-state index contributed by atoms with van der Waals surface area (Å²) in [5.41, 5.74) is 0.508. The molecule has 0 amide bonds. The highest BCUT2D eigenvalue weighted by Gasteiger charge is 2.17. The first kappa shape index (κ1) is 11.1. The van der Waals surface area contributed by atoms with E-state index in [0.29, 0.717) is 5.56 Å². The SMILES string of the molecule is CN[C@@H](C(=O)O)c1ccc(F)c(Br)c1. The molecule has 0 aromatic heterocycles. The minimum absolute atomic E-state index is 0.261. The van der Waals surface area contributed by atoms with Gasteiger partial charge in [-0.15, -0.1) is 0 Å². The van der Waals surface area contributed by atoms with Gasteiger partial charge in [-0.1, -0.05) is 6.07 Å². The molecule has 0 spiro atoms. The van der Waals surface area contributed by atoms with Crippen molar-refractivity contribution in [1.82, 2.24) is 5.32 Å². The van der Waals surface area contributed by atoms with Crippen LogP contribution >= 0.6 is 15.9 Å². The van der Waals surface area contributed by atoms with Crippen molar-refractivity contribution >= 4 is 21.9 Å². The number of nitrogens with one attached hydrogen (secondary N) is 1. The molecule has 0 radical (unpaired) electrons. The number of hydrogen-bond acceptors (Lipinski definition) is 2. The van der Waals surface area contributed by atoms with Crippen molar-refractivity contribution in [3.05, 3.63) is 34.1 Å². The lowest BCUT2D eigenvalue weighted by Crippen LogP contribution is -2.24. The minimum Gasteiger partial charge on any atom is -0.480 e. The zero-order valence-corrected chi connectivity index (χ0v) is 9.01. The zero-order chi connectivity index (χ0) is 10.7. The van der Waals surface area contributed by atoms with Gasteiger partial charge < -0.3 is 10.4 Å². The molecule has 0 unspecified atom stereocenters. The molecule has 0 saturated carbocycles. The molecule has 0 aliphatic rings. The third-order valence-electron chi connectivity index (χ3n) is 1.81. The molecule has 0 saturated heterocycles. The van der Waals surface area contributed by atoms with Crippen LogP contribution in [0.4, 0.5) is 4.39 Å². The van der Waals surface area contributed by atoms with Crippen LogP contribution in [0.1, 0.15) is 11.6 Å². The summed E-state index contributed by atoms with van der Waals surface area (Å²) in [6, 6.07) is 3.30. The van der Waals surface area contributed by atoms with Crippen LogP contribution in [-0.4, -0.2) is 18.1 Å². The second-order valence-corrected chi connectivity index (χ2v) is 3.59. The van der Waals surface area contributed by atoms with Crippen LogP contribution in [0.5, 0.6) is 0 Å². The van der Waals surface area contributed by atoms with E-state index in [4.69, 9.17) is 5.11 Å². The van der Waals surface area contributed by atoms with Crippen LogP contribution in [0.3, 0.4) is 0 Å². The Balaban J connectivity index is 3.06. The van der Waals surface area contributed by atoms with Crippen LogP contribution in [0.15, 0.2) is 22.7 Å². The molecule has 5 heteroatoms. The number of carboxylic acids is 1. The summed E-state index contributed by atoms with van der Waals surface area (Å²) in [5.74, 6) is -1.40. The Morgan fingerprint density at radius 1 is 1.64 bits per heavy atom. The fourth-order valence-corrected chi connectivity index (χ4v) is 1.52. The van der Waals surface area contributed by atoms with Gasteiger partial charge in [0.25, 0.3) is 0 Å². The third kappa shape index (κ3) is 2.30. The van der Waals surface area contributed by atoms with Crippen LogP contribution in [-0.2, 0) is 4.79 Å². The van der Waals surface area contributed by atoms with Gasteiger partial charge in [-0.05, 0) is 40.7 Å². The van der Waals surface area contributed by atoms with Gasteiger partial charge in [0.1, 0.15) is 11.9 Å². The Hall–Kier alpha value is -0.940. The molecule has 1 aromatic carbocycles. The highest BCUT2D eigenvalue weighted by Crippen LogP contribution is 2.21. The average molecular weight is 262 g/mol. The predicted octanol–water partition coefficient (Wildman–Crippen LogP) is 1.93. The van der Waals surface area contributed by atoms with E-state index in [-0.39, 0.29) is 4.47 Å². The highest BCUT2D eigenvalue weighted by atomic mass is 79.9. The first-order valence-electron chi connectivity index (χ1n) is 3.91. The number of aliphatic carboxylic acids is 1. The van der Waals surface area contributed by atoms with Gasteiger partial charge in [0, 0.05) is 0 Å². The van der Waals surface area contributed by atoms with Crippen molar-refractivity contribution in [3.63, 3.8) is 0 Å². The molecule has 0 heterocycles. The van der Waals surface area contributed by atoms with E-state index in [2.05, 4.69) is 21.2 Å². The highest BCUT2D eigenvalue weighted by molar-refractivity contribution is 9.10. The monoisotopic (exact) mass is 261 g/mol. The number of hydrogen-bond donors (Lipinski definition) is 2. The van der Waals surface area contributed by atoms with Gasteiger partial charge in [0.15, 0.2) is 0 Å². The van der Waals surface area contributed by atoms with E-state index in [9.17, 15) is 9.18 Å². The Bertz CT molecular complexity index is 357. The van der Waals surface area contributed by atoms with Crippen molar-refractivity contribution in [2.24, 2.45) is 0 Å². The number of halogens is 2. The Labute approximate surface area is 89.1 Å². The zero-order valence-electron chi connectivity index (χ0n) is 7.42. The lowest BCUT2D eigenvalue weighted by atomic mass is 10.1. The quantitative estimate of drug-likeness (QED) is 0.875. The van der Waals surface area contributed by atoms with Crippen molar-refractivity contribution in [1.29, 1.82) is 0 Å². The maximum Gasteiger partial charge on any atom is 0.325 e. The summed E-state index contributed by atoms with van der Waals surface area (Å²) < 4.78 is 13.1. The largest absolute Gasteiger partial charge is 0.480 e. The van der Waals surface area contributed by atoms with Crippen molar-refractivity contribution in [3.8, 4) is 0 Å². The summed E-state index contributed by atoms with van der Waals surface area (Å²) in [6.45, 7) is 0. The van der Waals surface area contributed by atoms with E-state index in [1.807, 2.05) is 0 Å². The fraction of sp³-hybridized carbons (Fsp3) is 0.222. The summed E-state index contributed by atoms with van der Waals surface area (Å²) >= 11 is 3.00. The van der Waals surface area contributed by atoms with E-state index in [1.54, 1.807) is 0 Å². The van der Waals surface area contributed by atoms with Gasteiger partial charge in [-0.25, -0.2) is 4.39 Å². The summed E-state index contributed by atoms with van der Waals surface area (Å²) in [5, 5.41) is 11.4. The van der Waals surface area contributed by atoms with Gasteiger partial charge in [-0.2, -0.15) is 0 Å². The predicted molar refractivity (Wildman–Crippen MR) is 53.5 cm³/mol. The van der Waals surface area contributed by atoms with Gasteiger partial charge in [0.2, 0.25) is 0 Å². The Morgan fingerprint density at radius 2 is 2.29 bits per heavy atom. The first-order chi connectivity index (χ1) is 6.56. The number of likely N-dealkylation sites (N-methyl/N-ethyl adjacent to an activating group) is 1. The third-order valence-corrected chi connectivity index (χ3v) is 2.42. The lowest BCUT2D eigenvalue weighted by molar-refractivity contribution is -0.139. The number of carbonyl (C=O) groups is 1. The summed E-state index contributed by atoms with van der Waals surface area (Å²) in [6.07, 6.45) is 0. The molecule has 0 aliphatic carbocycles. The number of benzene rings is 1. The second kappa shape index (κ2) is 4.52. The smallest absolute Gasteiger partial charge is 0.325 e. The van der Waals surface area contributed by atoms with E-state index < -0.39 is 17.8 Å². The molecular weight excluding hydrogens is 253 g/mol. The van der Waals surface area contributed by atoms with E-state index >= 15 is 0 Å². The topological polar surface area (TPSA) is 49.3 Å². The molecule has 1 atom stereocenters. The maximum absolute atomic E-state index is 12.9. The molecule has 0 bridgehead atoms. The Kier molecular flexibility index (Phi) is 3.60. The van der Waals surface area contributed by atoms with Gasteiger partial charge >= 0.3 is 5.97 Å². The number of rotatable bonds is 3. The molecule has 76 valence electrons. The summed E-state index contributed by atoms with van der Waals surface area (Å²) in [7, 11) is 1.54. The molecule has 3 nitrogen and oxygen atoms in total. The van der Waals surface area contributed by atoms with Crippen LogP contribution in [0.2, 0.25) is 0 Å². The molecule has 1 rings (SSSR count). The first-order valence-corrected chi connectivity index (χ1v) is 4.70. The van der Waals surface area contributed by atoms with Crippen LogP contribution in [0, 0.1) is 5.82 Å². The second-order valence-electron chi connectivity index (χ2n) is 2.73. The standard InChI is InChI=1S/C9H9BrFNO2/c1-12-8(9(13)14)5-2-3-7(11)6(10)4-5/h2-4,8,12H,1H3,(H,13,14)/t8-/m1/s1.